The molecule has 0 unspecified atom stereocenters. The van der Waals surface area contributed by atoms with Gasteiger partial charge in [-0.2, -0.15) is 0 Å². The fraction of sp³-hybridized carbons (Fsp3) is 0.278. The Morgan fingerprint density at radius 3 is 2.50 bits per heavy atom. The SMILES string of the molecule is Cc1c(-c2cccc(NC(=O)C(C)C)c2)sc(C(=O)O)c1OCC(=O)O. The molecule has 0 fully saturated rings. The van der Waals surface area contributed by atoms with E-state index >= 15 is 0 Å². The Bertz CT molecular complexity index is 855. The van der Waals surface area contributed by atoms with E-state index in [9.17, 15) is 19.5 Å². The molecule has 0 aliphatic rings. The number of benzene rings is 1. The predicted octanol–water partition coefficient (Wildman–Crippen LogP) is 3.48. The summed E-state index contributed by atoms with van der Waals surface area (Å²) in [5, 5.41) is 20.9. The third-order valence-electron chi connectivity index (χ3n) is 3.54. The molecule has 26 heavy (non-hydrogen) atoms. The van der Waals surface area contributed by atoms with Crippen LogP contribution in [0, 0.1) is 12.8 Å². The highest BCUT2D eigenvalue weighted by Gasteiger charge is 2.23. The molecule has 2 aromatic rings. The molecule has 138 valence electrons. The van der Waals surface area contributed by atoms with Gasteiger partial charge >= 0.3 is 11.9 Å². The quantitative estimate of drug-likeness (QED) is 0.681. The van der Waals surface area contributed by atoms with Crippen LogP contribution < -0.4 is 10.1 Å². The number of carboxylic acid groups (broad SMARTS) is 2. The van der Waals surface area contributed by atoms with Crippen LogP contribution in [0.3, 0.4) is 0 Å². The molecule has 0 saturated heterocycles. The second kappa shape index (κ2) is 8.01. The molecule has 0 spiro atoms. The summed E-state index contributed by atoms with van der Waals surface area (Å²) >= 11 is 1.00. The van der Waals surface area contributed by atoms with Gasteiger partial charge in [0.1, 0.15) is 5.75 Å². The summed E-state index contributed by atoms with van der Waals surface area (Å²) in [7, 11) is 0. The van der Waals surface area contributed by atoms with Crippen LogP contribution in [0.4, 0.5) is 5.69 Å². The van der Waals surface area contributed by atoms with Crippen LogP contribution in [0.1, 0.15) is 29.1 Å². The minimum atomic E-state index is -1.19. The summed E-state index contributed by atoms with van der Waals surface area (Å²) in [5.74, 6) is -2.61. The van der Waals surface area contributed by atoms with E-state index in [1.54, 1.807) is 45.0 Å². The molecular weight excluding hydrogens is 358 g/mol. The van der Waals surface area contributed by atoms with Gasteiger partial charge in [0.25, 0.3) is 0 Å². The lowest BCUT2D eigenvalue weighted by Gasteiger charge is -2.09. The molecule has 0 saturated carbocycles. The Balaban J connectivity index is 2.42. The average molecular weight is 377 g/mol. The van der Waals surface area contributed by atoms with Crippen LogP contribution in [-0.2, 0) is 9.59 Å². The second-order valence-electron chi connectivity index (χ2n) is 5.93. The van der Waals surface area contributed by atoms with Crippen molar-refractivity contribution in [1.82, 2.24) is 0 Å². The number of hydrogen-bond acceptors (Lipinski definition) is 5. The van der Waals surface area contributed by atoms with E-state index in [2.05, 4.69) is 5.32 Å². The molecular formula is C18H19NO6S. The number of aliphatic carboxylic acids is 1. The van der Waals surface area contributed by atoms with Gasteiger partial charge in [-0.15, -0.1) is 11.3 Å². The number of carbonyl (C=O) groups excluding carboxylic acids is 1. The zero-order valence-electron chi connectivity index (χ0n) is 14.5. The van der Waals surface area contributed by atoms with E-state index in [-0.39, 0.29) is 22.5 Å². The Hall–Kier alpha value is -2.87. The largest absolute Gasteiger partial charge is 0.480 e. The summed E-state index contributed by atoms with van der Waals surface area (Å²) in [6.45, 7) is 4.62. The molecule has 1 heterocycles. The van der Waals surface area contributed by atoms with Gasteiger partial charge in [-0.1, -0.05) is 26.0 Å². The Morgan fingerprint density at radius 1 is 1.23 bits per heavy atom. The van der Waals surface area contributed by atoms with Crippen molar-refractivity contribution in [1.29, 1.82) is 0 Å². The van der Waals surface area contributed by atoms with Crippen molar-refractivity contribution in [2.24, 2.45) is 5.92 Å². The van der Waals surface area contributed by atoms with Crippen LogP contribution in [0.15, 0.2) is 24.3 Å². The molecule has 7 nitrogen and oxygen atoms in total. The van der Waals surface area contributed by atoms with E-state index in [1.165, 1.54) is 0 Å². The van der Waals surface area contributed by atoms with E-state index in [0.29, 0.717) is 21.7 Å². The lowest BCUT2D eigenvalue weighted by molar-refractivity contribution is -0.139. The van der Waals surface area contributed by atoms with E-state index in [1.807, 2.05) is 0 Å². The summed E-state index contributed by atoms with van der Waals surface area (Å²) < 4.78 is 5.18. The third-order valence-corrected chi connectivity index (χ3v) is 4.85. The van der Waals surface area contributed by atoms with Crippen LogP contribution in [-0.4, -0.2) is 34.7 Å². The van der Waals surface area contributed by atoms with Crippen LogP contribution in [0.5, 0.6) is 5.75 Å². The normalized spacial score (nSPS) is 10.6. The van der Waals surface area contributed by atoms with Gasteiger partial charge in [-0.05, 0) is 24.6 Å². The summed E-state index contributed by atoms with van der Waals surface area (Å²) in [4.78, 5) is 34.7. The first-order valence-electron chi connectivity index (χ1n) is 7.83. The van der Waals surface area contributed by atoms with Gasteiger partial charge in [0.05, 0.1) is 0 Å². The lowest BCUT2D eigenvalue weighted by atomic mass is 10.1. The smallest absolute Gasteiger partial charge is 0.349 e. The molecule has 0 aliphatic heterocycles. The molecule has 1 aromatic carbocycles. The maximum absolute atomic E-state index is 11.9. The van der Waals surface area contributed by atoms with Crippen molar-refractivity contribution in [3.05, 3.63) is 34.7 Å². The van der Waals surface area contributed by atoms with E-state index in [0.717, 1.165) is 11.3 Å². The number of ether oxygens (including phenoxy) is 1. The zero-order chi connectivity index (χ0) is 19.4. The first-order chi connectivity index (χ1) is 12.2. The van der Waals surface area contributed by atoms with Gasteiger partial charge in [0.2, 0.25) is 5.91 Å². The van der Waals surface area contributed by atoms with Crippen LogP contribution in [0.2, 0.25) is 0 Å². The van der Waals surface area contributed by atoms with Gasteiger partial charge in [-0.25, -0.2) is 9.59 Å². The van der Waals surface area contributed by atoms with Crippen LogP contribution in [0.25, 0.3) is 10.4 Å². The standard InChI is InChI=1S/C18H19NO6S/c1-9(2)17(22)19-12-6-4-5-11(7-12)15-10(3)14(25-8-13(20)21)16(26-15)18(23)24/h4-7,9H,8H2,1-3H3,(H,19,22)(H,20,21)(H,23,24). The molecule has 0 radical (unpaired) electrons. The topological polar surface area (TPSA) is 113 Å². The van der Waals surface area contributed by atoms with Crippen molar-refractivity contribution >= 4 is 34.9 Å². The van der Waals surface area contributed by atoms with Crippen molar-refractivity contribution in [2.45, 2.75) is 20.8 Å². The van der Waals surface area contributed by atoms with Crippen LogP contribution >= 0.6 is 11.3 Å². The summed E-state index contributed by atoms with van der Waals surface area (Å²) in [6.07, 6.45) is 0. The number of carboxylic acids is 2. The molecule has 0 aliphatic carbocycles. The minimum Gasteiger partial charge on any atom is -0.480 e. The van der Waals surface area contributed by atoms with Gasteiger partial charge in [0, 0.05) is 22.0 Å². The minimum absolute atomic E-state index is 0.0523. The average Bonchev–Trinajstić information content (AvgIpc) is 2.90. The second-order valence-corrected chi connectivity index (χ2v) is 6.95. The molecule has 3 N–H and O–H groups in total. The fourth-order valence-corrected chi connectivity index (χ4v) is 3.33. The molecule has 8 heteroatoms. The van der Waals surface area contributed by atoms with Crippen molar-refractivity contribution in [3.63, 3.8) is 0 Å². The first-order valence-corrected chi connectivity index (χ1v) is 8.65. The number of thiophene rings is 1. The third kappa shape index (κ3) is 4.40. The lowest BCUT2D eigenvalue weighted by Crippen LogP contribution is -2.17. The van der Waals surface area contributed by atoms with Crippen molar-refractivity contribution in [2.75, 3.05) is 11.9 Å². The Labute approximate surface area is 154 Å². The predicted molar refractivity (Wildman–Crippen MR) is 98.0 cm³/mol. The van der Waals surface area contributed by atoms with Crippen molar-refractivity contribution < 1.29 is 29.3 Å². The number of carbonyl (C=O) groups is 3. The summed E-state index contributed by atoms with van der Waals surface area (Å²) in [6, 6.07) is 7.03. The van der Waals surface area contributed by atoms with Gasteiger partial charge in [0.15, 0.2) is 11.5 Å². The van der Waals surface area contributed by atoms with Gasteiger partial charge in [-0.3, -0.25) is 4.79 Å². The highest BCUT2D eigenvalue weighted by Crippen LogP contribution is 2.42. The number of rotatable bonds is 7. The molecule has 0 atom stereocenters. The molecule has 0 bridgehead atoms. The number of anilines is 1. The highest BCUT2D eigenvalue weighted by molar-refractivity contribution is 7.18. The molecule has 1 amide bonds. The number of nitrogens with one attached hydrogen (secondary N) is 1. The Kier molecular flexibility index (Phi) is 5.99. The Morgan fingerprint density at radius 2 is 1.92 bits per heavy atom. The monoisotopic (exact) mass is 377 g/mol. The maximum atomic E-state index is 11.9. The number of hydrogen-bond donors (Lipinski definition) is 3. The summed E-state index contributed by atoms with van der Waals surface area (Å²) in [5.41, 5.74) is 1.85. The highest BCUT2D eigenvalue weighted by atomic mass is 32.1. The van der Waals surface area contributed by atoms with E-state index in [4.69, 9.17) is 9.84 Å². The molecule has 1 aromatic heterocycles. The van der Waals surface area contributed by atoms with E-state index < -0.39 is 18.5 Å². The maximum Gasteiger partial charge on any atom is 0.349 e. The van der Waals surface area contributed by atoms with Crippen molar-refractivity contribution in [3.8, 4) is 16.2 Å². The number of amides is 1. The first kappa shape index (κ1) is 19.5. The fourth-order valence-electron chi connectivity index (χ4n) is 2.25. The molecule has 2 rings (SSSR count). The van der Waals surface area contributed by atoms with Gasteiger partial charge < -0.3 is 20.3 Å². The number of aromatic carboxylic acids is 1. The zero-order valence-corrected chi connectivity index (χ0v) is 15.3.